The number of amides is 4. The summed E-state index contributed by atoms with van der Waals surface area (Å²) in [6, 6.07) is 15.8. The zero-order valence-corrected chi connectivity index (χ0v) is 18.9. The minimum absolute atomic E-state index is 0.183. The topological polar surface area (TPSA) is 81.8 Å². The van der Waals surface area contributed by atoms with E-state index in [0.717, 1.165) is 16.7 Å². The van der Waals surface area contributed by atoms with Gasteiger partial charge in [-0.1, -0.05) is 66.2 Å². The van der Waals surface area contributed by atoms with Gasteiger partial charge in [-0.2, -0.15) is 0 Å². The van der Waals surface area contributed by atoms with Gasteiger partial charge >= 0.3 is 6.03 Å². The Kier molecular flexibility index (Phi) is 6.31. The molecule has 2 aliphatic rings. The fourth-order valence-corrected chi connectivity index (χ4v) is 4.44. The van der Waals surface area contributed by atoms with Crippen molar-refractivity contribution in [3.8, 4) is 0 Å². The highest BCUT2D eigenvalue weighted by atomic mass is 16.2. The Hall–Kier alpha value is -3.87. The number of benzene rings is 2. The van der Waals surface area contributed by atoms with Crippen LogP contribution >= 0.6 is 0 Å². The number of carbonyl (C=O) groups excluding carboxylic acids is 3. The number of nitrogens with zero attached hydrogens (tertiary/aromatic N) is 2. The van der Waals surface area contributed by atoms with Crippen molar-refractivity contribution in [2.75, 3.05) is 20.1 Å². The van der Waals surface area contributed by atoms with Crippen LogP contribution in [-0.4, -0.2) is 53.8 Å². The van der Waals surface area contributed by atoms with E-state index >= 15 is 0 Å². The number of likely N-dealkylation sites (N-methyl/N-ethyl adjacent to an activating group) is 1. The molecule has 0 aromatic heterocycles. The maximum absolute atomic E-state index is 13.8. The summed E-state index contributed by atoms with van der Waals surface area (Å²) in [5.74, 6) is -0.484. The predicted octanol–water partition coefficient (Wildman–Crippen LogP) is 2.70. The van der Waals surface area contributed by atoms with Gasteiger partial charge in [0.05, 0.1) is 23.9 Å². The maximum atomic E-state index is 13.8. The fraction of sp³-hybridized carbons (Fsp3) is 0.269. The molecule has 0 unspecified atom stereocenters. The minimum atomic E-state index is -0.699. The van der Waals surface area contributed by atoms with Crippen LogP contribution in [0.5, 0.6) is 0 Å². The first-order valence-electron chi connectivity index (χ1n) is 11.0. The highest BCUT2D eigenvalue weighted by molar-refractivity contribution is 6.03. The molecule has 4 amide bonds. The molecule has 2 N–H and O–H groups in total. The Labute approximate surface area is 193 Å². The van der Waals surface area contributed by atoms with E-state index in [2.05, 4.69) is 17.2 Å². The van der Waals surface area contributed by atoms with Gasteiger partial charge in [-0.15, -0.1) is 6.58 Å². The van der Waals surface area contributed by atoms with Gasteiger partial charge in [0.2, 0.25) is 5.91 Å². The quantitative estimate of drug-likeness (QED) is 0.645. The highest BCUT2D eigenvalue weighted by Gasteiger charge is 2.46. The van der Waals surface area contributed by atoms with Crippen LogP contribution < -0.4 is 10.6 Å². The van der Waals surface area contributed by atoms with Crippen molar-refractivity contribution in [3.05, 3.63) is 95.2 Å². The van der Waals surface area contributed by atoms with E-state index in [1.165, 1.54) is 4.90 Å². The van der Waals surface area contributed by atoms with E-state index in [1.54, 1.807) is 18.0 Å². The SMILES string of the molecule is C=CCN1C(=O)N[C@H](c2ccc(C)cc2)C2=C1CN([C@H](Cc1ccccc1)C(=O)NC)C2=O. The lowest BCUT2D eigenvalue weighted by Crippen LogP contribution is -2.49. The highest BCUT2D eigenvalue weighted by Crippen LogP contribution is 2.37. The van der Waals surface area contributed by atoms with Crippen molar-refractivity contribution in [1.29, 1.82) is 0 Å². The van der Waals surface area contributed by atoms with Crippen LogP contribution in [0.25, 0.3) is 0 Å². The lowest BCUT2D eigenvalue weighted by Gasteiger charge is -2.33. The molecule has 7 heteroatoms. The Bertz CT molecular complexity index is 1110. The molecule has 2 aliphatic heterocycles. The molecule has 0 aliphatic carbocycles. The van der Waals surface area contributed by atoms with Crippen molar-refractivity contribution in [2.45, 2.75) is 25.4 Å². The molecular weight excluding hydrogens is 416 g/mol. The second-order valence-corrected chi connectivity index (χ2v) is 8.31. The van der Waals surface area contributed by atoms with Gasteiger partial charge in [-0.3, -0.25) is 14.5 Å². The smallest absolute Gasteiger partial charge is 0.322 e. The summed E-state index contributed by atoms with van der Waals surface area (Å²) in [5, 5.41) is 5.67. The first-order valence-corrected chi connectivity index (χ1v) is 11.0. The van der Waals surface area contributed by atoms with Crippen LogP contribution in [0, 0.1) is 6.92 Å². The van der Waals surface area contributed by atoms with Crippen LogP contribution in [-0.2, 0) is 16.0 Å². The molecule has 2 aromatic carbocycles. The number of hydrogen-bond acceptors (Lipinski definition) is 3. The summed E-state index contributed by atoms with van der Waals surface area (Å²) in [6.45, 7) is 6.20. The summed E-state index contributed by atoms with van der Waals surface area (Å²) in [4.78, 5) is 42.7. The van der Waals surface area contributed by atoms with E-state index in [-0.39, 0.29) is 30.9 Å². The Balaban J connectivity index is 1.73. The molecule has 2 aromatic rings. The molecule has 0 saturated carbocycles. The van der Waals surface area contributed by atoms with E-state index in [0.29, 0.717) is 17.7 Å². The van der Waals surface area contributed by atoms with Crippen LogP contribution in [0.1, 0.15) is 22.7 Å². The van der Waals surface area contributed by atoms with Crippen molar-refractivity contribution in [3.63, 3.8) is 0 Å². The van der Waals surface area contributed by atoms with E-state index in [9.17, 15) is 14.4 Å². The third-order valence-corrected chi connectivity index (χ3v) is 6.17. The van der Waals surface area contributed by atoms with Gasteiger partial charge in [-0.05, 0) is 18.1 Å². The number of hydrogen-bond donors (Lipinski definition) is 2. The Morgan fingerprint density at radius 3 is 2.52 bits per heavy atom. The first kappa shape index (κ1) is 22.3. The second-order valence-electron chi connectivity index (χ2n) is 8.31. The number of rotatable bonds is 7. The lowest BCUT2D eigenvalue weighted by molar-refractivity contribution is -0.136. The number of nitrogens with one attached hydrogen (secondary N) is 2. The fourth-order valence-electron chi connectivity index (χ4n) is 4.44. The maximum Gasteiger partial charge on any atom is 0.322 e. The summed E-state index contributed by atoms with van der Waals surface area (Å²) in [5.41, 5.74) is 3.99. The molecule has 0 saturated heterocycles. The third kappa shape index (κ3) is 4.26. The Morgan fingerprint density at radius 2 is 1.88 bits per heavy atom. The van der Waals surface area contributed by atoms with Gasteiger partial charge in [0, 0.05) is 20.0 Å². The third-order valence-electron chi connectivity index (χ3n) is 6.17. The van der Waals surface area contributed by atoms with E-state index < -0.39 is 12.1 Å². The minimum Gasteiger partial charge on any atom is -0.357 e. The zero-order valence-electron chi connectivity index (χ0n) is 18.9. The molecule has 7 nitrogen and oxygen atoms in total. The first-order chi connectivity index (χ1) is 15.9. The standard InChI is InChI=1S/C26H28N4O3/c1-4-14-29-21-16-30(20(24(31)27-3)15-18-8-6-5-7-9-18)25(32)22(21)23(28-26(29)33)19-12-10-17(2)11-13-19/h4-13,20,23H,1,14-16H2,2-3H3,(H,27,31)(H,28,33)/t20-,23-/m1/s1. The van der Waals surface area contributed by atoms with Gasteiger partial charge in [0.25, 0.3) is 5.91 Å². The molecule has 170 valence electrons. The normalized spacial score (nSPS) is 18.7. The molecule has 0 fully saturated rings. The van der Waals surface area contributed by atoms with Crippen molar-refractivity contribution in [1.82, 2.24) is 20.4 Å². The zero-order chi connectivity index (χ0) is 23.5. The largest absolute Gasteiger partial charge is 0.357 e. The monoisotopic (exact) mass is 444 g/mol. The van der Waals surface area contributed by atoms with Gasteiger partial charge in [-0.25, -0.2) is 4.79 Å². The van der Waals surface area contributed by atoms with Crippen LogP contribution in [0.4, 0.5) is 4.79 Å². The molecule has 0 bridgehead atoms. The van der Waals surface area contributed by atoms with Gasteiger partial charge in [0.1, 0.15) is 6.04 Å². The predicted molar refractivity (Wildman–Crippen MR) is 126 cm³/mol. The average Bonchev–Trinajstić information content (AvgIpc) is 3.16. The molecule has 2 heterocycles. The summed E-state index contributed by atoms with van der Waals surface area (Å²) < 4.78 is 0. The summed E-state index contributed by atoms with van der Waals surface area (Å²) in [6.07, 6.45) is 2.01. The number of aryl methyl sites for hydroxylation is 1. The van der Waals surface area contributed by atoms with Crippen LogP contribution in [0.3, 0.4) is 0 Å². The van der Waals surface area contributed by atoms with Crippen molar-refractivity contribution in [2.24, 2.45) is 0 Å². The van der Waals surface area contributed by atoms with Gasteiger partial charge in [0.15, 0.2) is 0 Å². The van der Waals surface area contributed by atoms with Gasteiger partial charge < -0.3 is 15.5 Å². The van der Waals surface area contributed by atoms with Crippen LogP contribution in [0.2, 0.25) is 0 Å². The van der Waals surface area contributed by atoms with Crippen molar-refractivity contribution < 1.29 is 14.4 Å². The molecule has 0 radical (unpaired) electrons. The number of urea groups is 1. The second kappa shape index (κ2) is 9.32. The molecular formula is C26H28N4O3. The molecule has 33 heavy (non-hydrogen) atoms. The number of carbonyl (C=O) groups is 3. The molecule has 4 rings (SSSR count). The van der Waals surface area contributed by atoms with Crippen molar-refractivity contribution >= 4 is 17.8 Å². The molecule has 0 spiro atoms. The molecule has 2 atom stereocenters. The summed E-state index contributed by atoms with van der Waals surface area (Å²) >= 11 is 0. The van der Waals surface area contributed by atoms with E-state index in [4.69, 9.17) is 0 Å². The average molecular weight is 445 g/mol. The summed E-state index contributed by atoms with van der Waals surface area (Å²) in [7, 11) is 1.57. The lowest BCUT2D eigenvalue weighted by atomic mass is 9.95. The Morgan fingerprint density at radius 1 is 1.18 bits per heavy atom. The van der Waals surface area contributed by atoms with E-state index in [1.807, 2.05) is 61.5 Å². The van der Waals surface area contributed by atoms with Crippen LogP contribution in [0.15, 0.2) is 78.5 Å².